The van der Waals surface area contributed by atoms with Crippen LogP contribution in [-0.4, -0.2) is 47.4 Å². The van der Waals surface area contributed by atoms with Crippen molar-refractivity contribution in [2.75, 3.05) is 13.2 Å². The zero-order valence-corrected chi connectivity index (χ0v) is 53.2. The van der Waals surface area contributed by atoms with Crippen molar-refractivity contribution in [3.63, 3.8) is 0 Å². The average Bonchev–Trinajstić information content (AvgIpc) is 3.44. The molecule has 0 bridgehead atoms. The van der Waals surface area contributed by atoms with Crippen LogP contribution in [0, 0.1) is 0 Å². The maximum Gasteiger partial charge on any atom is 0.305 e. The van der Waals surface area contributed by atoms with Gasteiger partial charge in [-0.1, -0.05) is 379 Å². The fraction of sp³-hybridized carbons (Fsp3) is 0.944. The molecule has 0 saturated heterocycles. The first-order valence-electron chi connectivity index (χ1n) is 36.0. The fourth-order valence-electron chi connectivity index (χ4n) is 11.6. The Hall–Kier alpha value is -1.40. The van der Waals surface area contributed by atoms with Crippen LogP contribution in [0.5, 0.6) is 0 Å². The van der Waals surface area contributed by atoms with E-state index >= 15 is 0 Å². The van der Waals surface area contributed by atoms with Gasteiger partial charge in [-0.2, -0.15) is 0 Å². The van der Waals surface area contributed by atoms with Gasteiger partial charge in [0, 0.05) is 12.8 Å². The molecule has 0 saturated carbocycles. The van der Waals surface area contributed by atoms with E-state index in [0.717, 1.165) is 38.5 Å². The highest BCUT2D eigenvalue weighted by molar-refractivity contribution is 5.76. The van der Waals surface area contributed by atoms with Crippen LogP contribution in [0.4, 0.5) is 0 Å². The molecule has 2 atom stereocenters. The summed E-state index contributed by atoms with van der Waals surface area (Å²) >= 11 is 0. The maximum atomic E-state index is 12.5. The molecule has 78 heavy (non-hydrogen) atoms. The van der Waals surface area contributed by atoms with Gasteiger partial charge < -0.3 is 20.3 Å². The summed E-state index contributed by atoms with van der Waals surface area (Å²) in [6.07, 6.45) is 84.4. The van der Waals surface area contributed by atoms with Gasteiger partial charge in [0.15, 0.2) is 0 Å². The van der Waals surface area contributed by atoms with Crippen molar-refractivity contribution in [3.8, 4) is 0 Å². The number of aliphatic hydroxyl groups excluding tert-OH is 2. The van der Waals surface area contributed by atoms with Crippen molar-refractivity contribution in [1.29, 1.82) is 0 Å². The largest absolute Gasteiger partial charge is 0.466 e. The highest BCUT2D eigenvalue weighted by atomic mass is 16.5. The molecule has 1 amide bonds. The third-order valence-corrected chi connectivity index (χ3v) is 17.1. The van der Waals surface area contributed by atoms with Gasteiger partial charge >= 0.3 is 5.97 Å². The normalized spacial score (nSPS) is 12.5. The second-order valence-electron chi connectivity index (χ2n) is 24.9. The van der Waals surface area contributed by atoms with Crippen LogP contribution in [0.15, 0.2) is 12.2 Å². The summed E-state index contributed by atoms with van der Waals surface area (Å²) in [5.41, 5.74) is 0. The molecule has 0 aromatic heterocycles. The topological polar surface area (TPSA) is 95.9 Å². The van der Waals surface area contributed by atoms with E-state index in [2.05, 4.69) is 19.2 Å². The second kappa shape index (κ2) is 68.1. The predicted octanol–water partition coefficient (Wildman–Crippen LogP) is 23.1. The van der Waals surface area contributed by atoms with Crippen LogP contribution >= 0.6 is 0 Å². The van der Waals surface area contributed by atoms with Crippen molar-refractivity contribution < 1.29 is 24.5 Å². The first-order chi connectivity index (χ1) is 38.5. The Morgan fingerprint density at radius 2 is 0.590 bits per heavy atom. The number of amides is 1. The smallest absolute Gasteiger partial charge is 0.305 e. The van der Waals surface area contributed by atoms with Gasteiger partial charge in [-0.05, 0) is 32.1 Å². The Kier molecular flexibility index (Phi) is 66.9. The molecule has 0 heterocycles. The van der Waals surface area contributed by atoms with E-state index in [1.54, 1.807) is 6.08 Å². The minimum absolute atomic E-state index is 0.0215. The lowest BCUT2D eigenvalue weighted by atomic mass is 10.0. The van der Waals surface area contributed by atoms with Gasteiger partial charge in [-0.25, -0.2) is 0 Å². The fourth-order valence-corrected chi connectivity index (χ4v) is 11.6. The molecule has 0 aromatic carbocycles. The molecule has 6 heteroatoms. The predicted molar refractivity (Wildman–Crippen MR) is 343 cm³/mol. The zero-order chi connectivity index (χ0) is 56.4. The maximum absolute atomic E-state index is 12.5. The van der Waals surface area contributed by atoms with Crippen molar-refractivity contribution >= 4 is 11.9 Å². The van der Waals surface area contributed by atoms with Crippen LogP contribution < -0.4 is 5.32 Å². The SMILES string of the molecule is CCCCCCCCCCCCCCCCCC/C=C/C(O)C(CO)NC(=O)CCCCCCCCCCCCCCCCCCCCCCCCCCCOC(=O)CCCCCCCCCCCCCCCCCCCC. The molecule has 0 aliphatic carbocycles. The molecule has 0 aromatic rings. The monoisotopic (exact) mass is 1100 g/mol. The Bertz CT molecular complexity index is 1180. The van der Waals surface area contributed by atoms with Crippen molar-refractivity contribution in [3.05, 3.63) is 12.2 Å². The molecule has 6 nitrogen and oxygen atoms in total. The van der Waals surface area contributed by atoms with E-state index in [4.69, 9.17) is 4.74 Å². The van der Waals surface area contributed by atoms with Crippen LogP contribution in [-0.2, 0) is 14.3 Å². The summed E-state index contributed by atoms with van der Waals surface area (Å²) in [6, 6.07) is -0.626. The lowest BCUT2D eigenvalue weighted by Crippen LogP contribution is -2.45. The Morgan fingerprint density at radius 1 is 0.346 bits per heavy atom. The molecule has 0 aliphatic heterocycles. The summed E-state index contributed by atoms with van der Waals surface area (Å²) in [4.78, 5) is 24.6. The molecular weight excluding hydrogens is 959 g/mol. The molecule has 0 rings (SSSR count). The highest BCUT2D eigenvalue weighted by Gasteiger charge is 2.18. The van der Waals surface area contributed by atoms with Crippen molar-refractivity contribution in [2.24, 2.45) is 0 Å². The number of ether oxygens (including phenoxy) is 1. The first kappa shape index (κ1) is 76.6. The van der Waals surface area contributed by atoms with Crippen molar-refractivity contribution in [1.82, 2.24) is 5.32 Å². The molecule has 2 unspecified atom stereocenters. The highest BCUT2D eigenvalue weighted by Crippen LogP contribution is 2.19. The minimum atomic E-state index is -0.843. The number of hydrogen-bond acceptors (Lipinski definition) is 5. The average molecular weight is 1100 g/mol. The number of carbonyl (C=O) groups is 2. The summed E-state index contributed by atoms with van der Waals surface area (Å²) < 4.78 is 5.51. The number of rotatable bonds is 68. The zero-order valence-electron chi connectivity index (χ0n) is 53.2. The Labute approximate surface area is 489 Å². The molecule has 0 aliphatic rings. The Morgan fingerprint density at radius 3 is 0.872 bits per heavy atom. The summed E-state index contributed by atoms with van der Waals surface area (Å²) in [6.45, 7) is 4.95. The van der Waals surface area contributed by atoms with Gasteiger partial charge in [0.05, 0.1) is 25.4 Å². The summed E-state index contributed by atoms with van der Waals surface area (Å²) in [5.74, 6) is -0.0407. The number of aliphatic hydroxyl groups is 2. The third-order valence-electron chi connectivity index (χ3n) is 17.1. The quantitative estimate of drug-likeness (QED) is 0.0320. The van der Waals surface area contributed by atoms with Crippen LogP contribution in [0.25, 0.3) is 0 Å². The third kappa shape index (κ3) is 63.8. The van der Waals surface area contributed by atoms with E-state index in [9.17, 15) is 19.8 Å². The second-order valence-corrected chi connectivity index (χ2v) is 24.9. The summed E-state index contributed by atoms with van der Waals surface area (Å²) in [7, 11) is 0. The van der Waals surface area contributed by atoms with Crippen LogP contribution in [0.3, 0.4) is 0 Å². The van der Waals surface area contributed by atoms with Gasteiger partial charge in [0.1, 0.15) is 0 Å². The molecular formula is C72H141NO5. The number of allylic oxidation sites excluding steroid dienone is 1. The van der Waals surface area contributed by atoms with Gasteiger partial charge in [0.2, 0.25) is 5.91 Å². The lowest BCUT2D eigenvalue weighted by Gasteiger charge is -2.20. The molecule has 0 radical (unpaired) electrons. The molecule has 3 N–H and O–H groups in total. The molecule has 0 spiro atoms. The van der Waals surface area contributed by atoms with E-state index in [1.165, 1.54) is 347 Å². The van der Waals surface area contributed by atoms with E-state index in [1.807, 2.05) is 6.08 Å². The standard InChI is InChI=1S/C72H141NO5/c1-3-5-7-9-11-13-15-17-19-21-32-36-40-44-48-52-56-60-64-70(75)69(68-74)73-71(76)65-61-57-53-49-45-41-37-33-30-28-26-24-23-25-27-29-31-35-39-43-47-51-55-59-63-67-78-72(77)66-62-58-54-50-46-42-38-34-22-20-18-16-14-12-10-8-6-4-2/h60,64,69-70,74-75H,3-59,61-63,65-68H2,1-2H3,(H,73,76)/b64-60+. The van der Waals surface area contributed by atoms with Crippen molar-refractivity contribution in [2.45, 2.75) is 424 Å². The van der Waals surface area contributed by atoms with E-state index < -0.39 is 12.1 Å². The van der Waals surface area contributed by atoms with E-state index in [-0.39, 0.29) is 18.5 Å². The number of esters is 1. The number of hydrogen-bond donors (Lipinski definition) is 3. The minimum Gasteiger partial charge on any atom is -0.466 e. The van der Waals surface area contributed by atoms with E-state index in [0.29, 0.717) is 19.4 Å². The number of carbonyl (C=O) groups excluding carboxylic acids is 2. The van der Waals surface area contributed by atoms with Crippen LogP contribution in [0.2, 0.25) is 0 Å². The molecule has 464 valence electrons. The first-order valence-corrected chi connectivity index (χ1v) is 36.0. The summed E-state index contributed by atoms with van der Waals surface area (Å²) in [5, 5.41) is 23.2. The number of nitrogens with one attached hydrogen (secondary N) is 1. The lowest BCUT2D eigenvalue weighted by molar-refractivity contribution is -0.143. The molecule has 0 fully saturated rings. The number of unbranched alkanes of at least 4 members (excludes halogenated alkanes) is 57. The van der Waals surface area contributed by atoms with Gasteiger partial charge in [-0.15, -0.1) is 0 Å². The Balaban J connectivity index is 3.36. The van der Waals surface area contributed by atoms with Gasteiger partial charge in [0.25, 0.3) is 0 Å². The van der Waals surface area contributed by atoms with Crippen LogP contribution in [0.1, 0.15) is 412 Å². The van der Waals surface area contributed by atoms with Gasteiger partial charge in [-0.3, -0.25) is 9.59 Å².